The van der Waals surface area contributed by atoms with Gasteiger partial charge >= 0.3 is 0 Å². The van der Waals surface area contributed by atoms with Gasteiger partial charge in [-0.1, -0.05) is 24.3 Å². The van der Waals surface area contributed by atoms with Crippen LogP contribution in [0.3, 0.4) is 0 Å². The Morgan fingerprint density at radius 2 is 1.40 bits per heavy atom. The van der Waals surface area contributed by atoms with E-state index in [0.29, 0.717) is 11.1 Å². The van der Waals surface area contributed by atoms with E-state index in [-0.39, 0.29) is 58.5 Å². The quantitative estimate of drug-likeness (QED) is 0.479. The number of carbonyl (C=O) groups is 3. The largest absolute Gasteiger partial charge is 0.507 e. The van der Waals surface area contributed by atoms with Gasteiger partial charge < -0.3 is 20.8 Å². The number of ketones is 2. The number of fused-ring (bicyclic) bond motifs is 3. The molecule has 30 heavy (non-hydrogen) atoms. The van der Waals surface area contributed by atoms with Gasteiger partial charge in [0.05, 0.1) is 11.1 Å². The number of nitrogens with one attached hydrogen (secondary N) is 2. The van der Waals surface area contributed by atoms with Gasteiger partial charge in [-0.3, -0.25) is 14.4 Å². The van der Waals surface area contributed by atoms with Gasteiger partial charge in [0.1, 0.15) is 11.5 Å². The minimum absolute atomic E-state index is 0.107. The molecule has 0 atom stereocenters. The SMILES string of the molecule is O=C1c2ccccc2C(=O)c2c(O)c3c(c(O)c21)CC(C(=O)NC1CCNCC1)C3. The lowest BCUT2D eigenvalue weighted by Gasteiger charge is -2.25. The average molecular weight is 406 g/mol. The molecule has 0 spiro atoms. The second-order valence-corrected chi connectivity index (χ2v) is 8.25. The molecular weight excluding hydrogens is 384 g/mol. The highest BCUT2D eigenvalue weighted by molar-refractivity contribution is 6.30. The molecule has 154 valence electrons. The molecule has 0 radical (unpaired) electrons. The first-order valence-electron chi connectivity index (χ1n) is 10.3. The summed E-state index contributed by atoms with van der Waals surface area (Å²) in [5.74, 6) is -2.14. The summed E-state index contributed by atoms with van der Waals surface area (Å²) in [6, 6.07) is 6.49. The van der Waals surface area contributed by atoms with E-state index in [0.717, 1.165) is 25.9 Å². The van der Waals surface area contributed by atoms with Crippen molar-refractivity contribution in [2.24, 2.45) is 5.92 Å². The molecule has 7 heteroatoms. The van der Waals surface area contributed by atoms with Gasteiger partial charge in [-0.25, -0.2) is 0 Å². The normalized spacial score (nSPS) is 18.7. The molecule has 1 saturated heterocycles. The van der Waals surface area contributed by atoms with E-state index in [4.69, 9.17) is 0 Å². The molecule has 0 bridgehead atoms. The average Bonchev–Trinajstić information content (AvgIpc) is 3.22. The van der Waals surface area contributed by atoms with Crippen molar-refractivity contribution < 1.29 is 24.6 Å². The number of carbonyl (C=O) groups excluding carboxylic acids is 3. The maximum atomic E-state index is 13.0. The predicted molar refractivity (Wildman–Crippen MR) is 108 cm³/mol. The first-order valence-corrected chi connectivity index (χ1v) is 10.3. The van der Waals surface area contributed by atoms with Crippen molar-refractivity contribution in [3.8, 4) is 11.5 Å². The molecule has 0 unspecified atom stereocenters. The van der Waals surface area contributed by atoms with Crippen molar-refractivity contribution in [3.63, 3.8) is 0 Å². The monoisotopic (exact) mass is 406 g/mol. The minimum Gasteiger partial charge on any atom is -0.507 e. The summed E-state index contributed by atoms with van der Waals surface area (Å²) in [6.07, 6.45) is 2.17. The summed E-state index contributed by atoms with van der Waals surface area (Å²) >= 11 is 0. The number of phenolic OH excluding ortho intramolecular Hbond substituents is 2. The Labute approximate surface area is 173 Å². The maximum Gasteiger partial charge on any atom is 0.224 e. The molecule has 2 aromatic carbocycles. The molecule has 4 N–H and O–H groups in total. The van der Waals surface area contributed by atoms with E-state index in [2.05, 4.69) is 10.6 Å². The van der Waals surface area contributed by atoms with Crippen LogP contribution in [0.5, 0.6) is 11.5 Å². The fourth-order valence-electron chi connectivity index (χ4n) is 4.89. The fourth-order valence-corrected chi connectivity index (χ4v) is 4.89. The third kappa shape index (κ3) is 2.73. The number of piperidine rings is 1. The van der Waals surface area contributed by atoms with Gasteiger partial charge in [-0.2, -0.15) is 0 Å². The minimum atomic E-state index is -0.488. The van der Waals surface area contributed by atoms with Crippen LogP contribution in [0.4, 0.5) is 0 Å². The number of rotatable bonds is 2. The van der Waals surface area contributed by atoms with E-state index < -0.39 is 17.5 Å². The van der Waals surface area contributed by atoms with E-state index in [1.54, 1.807) is 12.1 Å². The highest BCUT2D eigenvalue weighted by atomic mass is 16.3. The Balaban J connectivity index is 1.50. The molecule has 5 rings (SSSR count). The van der Waals surface area contributed by atoms with Crippen LogP contribution in [0, 0.1) is 5.92 Å². The summed E-state index contributed by atoms with van der Waals surface area (Å²) in [5, 5.41) is 28.1. The summed E-state index contributed by atoms with van der Waals surface area (Å²) in [6.45, 7) is 1.71. The van der Waals surface area contributed by atoms with Crippen LogP contribution in [0.2, 0.25) is 0 Å². The van der Waals surface area contributed by atoms with Crippen molar-refractivity contribution in [1.29, 1.82) is 0 Å². The van der Waals surface area contributed by atoms with Crippen LogP contribution < -0.4 is 10.6 Å². The van der Waals surface area contributed by atoms with Gasteiger partial charge in [0, 0.05) is 34.2 Å². The summed E-state index contributed by atoms with van der Waals surface area (Å²) < 4.78 is 0. The fraction of sp³-hybridized carbons (Fsp3) is 0.348. The summed E-state index contributed by atoms with van der Waals surface area (Å²) in [5.41, 5.74) is 0.879. The van der Waals surface area contributed by atoms with Gasteiger partial charge in [-0.05, 0) is 38.8 Å². The van der Waals surface area contributed by atoms with E-state index >= 15 is 0 Å². The van der Waals surface area contributed by atoms with E-state index in [1.165, 1.54) is 12.1 Å². The van der Waals surface area contributed by atoms with Gasteiger partial charge in [0.15, 0.2) is 11.6 Å². The maximum absolute atomic E-state index is 13.0. The molecule has 3 aliphatic rings. The van der Waals surface area contributed by atoms with Crippen LogP contribution in [0.1, 0.15) is 55.8 Å². The third-order valence-electron chi connectivity index (χ3n) is 6.49. The molecule has 1 amide bonds. The lowest BCUT2D eigenvalue weighted by molar-refractivity contribution is -0.125. The Hall–Kier alpha value is -3.19. The zero-order valence-corrected chi connectivity index (χ0v) is 16.3. The van der Waals surface area contributed by atoms with Crippen molar-refractivity contribution in [2.45, 2.75) is 31.7 Å². The highest BCUT2D eigenvalue weighted by Gasteiger charge is 2.41. The van der Waals surface area contributed by atoms with Gasteiger partial charge in [0.2, 0.25) is 5.91 Å². The zero-order valence-electron chi connectivity index (χ0n) is 16.3. The van der Waals surface area contributed by atoms with Crippen LogP contribution in [-0.4, -0.2) is 46.8 Å². The highest BCUT2D eigenvalue weighted by Crippen LogP contribution is 2.47. The van der Waals surface area contributed by atoms with Crippen LogP contribution >= 0.6 is 0 Å². The number of aromatic hydroxyl groups is 2. The Morgan fingerprint density at radius 1 is 0.900 bits per heavy atom. The number of phenols is 2. The second-order valence-electron chi connectivity index (χ2n) is 8.25. The lowest BCUT2D eigenvalue weighted by atomic mass is 9.81. The summed E-state index contributed by atoms with van der Waals surface area (Å²) in [7, 11) is 0. The Bertz CT molecular complexity index is 1030. The molecule has 7 nitrogen and oxygen atoms in total. The van der Waals surface area contributed by atoms with E-state index in [1.807, 2.05) is 0 Å². The number of benzene rings is 2. The topological polar surface area (TPSA) is 116 Å². The number of hydrogen-bond donors (Lipinski definition) is 4. The van der Waals surface area contributed by atoms with Crippen molar-refractivity contribution >= 4 is 17.5 Å². The Morgan fingerprint density at radius 3 is 1.90 bits per heavy atom. The third-order valence-corrected chi connectivity index (χ3v) is 6.49. The van der Waals surface area contributed by atoms with Crippen LogP contribution in [-0.2, 0) is 17.6 Å². The standard InChI is InChI=1S/C23H22N2O5/c26-19-13-3-1-2-4-14(13)20(27)18-17(19)21(28)15-9-11(10-16(15)22(18)29)23(30)25-12-5-7-24-8-6-12/h1-4,11-12,24,28-29H,5-10H2,(H,25,30). The lowest BCUT2D eigenvalue weighted by Crippen LogP contribution is -2.45. The molecule has 0 saturated carbocycles. The second kappa shape index (κ2) is 6.95. The molecule has 1 fully saturated rings. The molecule has 2 aliphatic carbocycles. The van der Waals surface area contributed by atoms with Crippen LogP contribution in [0.15, 0.2) is 24.3 Å². The van der Waals surface area contributed by atoms with Crippen molar-refractivity contribution in [3.05, 3.63) is 57.6 Å². The van der Waals surface area contributed by atoms with Gasteiger partial charge in [0.25, 0.3) is 0 Å². The van der Waals surface area contributed by atoms with Crippen molar-refractivity contribution in [2.75, 3.05) is 13.1 Å². The first kappa shape index (κ1) is 18.8. The zero-order chi connectivity index (χ0) is 21.0. The molecule has 1 heterocycles. The smallest absolute Gasteiger partial charge is 0.224 e. The molecule has 0 aromatic heterocycles. The van der Waals surface area contributed by atoms with E-state index in [9.17, 15) is 24.6 Å². The van der Waals surface area contributed by atoms with Crippen molar-refractivity contribution in [1.82, 2.24) is 10.6 Å². The number of amides is 1. The molecule has 1 aliphatic heterocycles. The number of hydrogen-bond acceptors (Lipinski definition) is 6. The predicted octanol–water partition coefficient (Wildman–Crippen LogP) is 1.46. The Kier molecular flexibility index (Phi) is 4.36. The molecular formula is C23H22N2O5. The van der Waals surface area contributed by atoms with Crippen LogP contribution in [0.25, 0.3) is 0 Å². The van der Waals surface area contributed by atoms with Gasteiger partial charge in [-0.15, -0.1) is 0 Å². The first-order chi connectivity index (χ1) is 14.5. The molecule has 2 aromatic rings. The summed E-state index contributed by atoms with van der Waals surface area (Å²) in [4.78, 5) is 38.8.